The second kappa shape index (κ2) is 7.52. The predicted molar refractivity (Wildman–Crippen MR) is 109 cm³/mol. The van der Waals surface area contributed by atoms with Gasteiger partial charge in [-0.3, -0.25) is 9.59 Å². The molecule has 0 aromatic heterocycles. The topological polar surface area (TPSA) is 67.9 Å². The van der Waals surface area contributed by atoms with E-state index in [4.69, 9.17) is 9.47 Å². The Labute approximate surface area is 170 Å². The van der Waals surface area contributed by atoms with Gasteiger partial charge in [0.15, 0.2) is 0 Å². The minimum absolute atomic E-state index is 0.0478. The van der Waals surface area contributed by atoms with Crippen molar-refractivity contribution in [2.75, 3.05) is 27.3 Å². The molecule has 0 atom stereocenters. The summed E-state index contributed by atoms with van der Waals surface area (Å²) in [6.07, 6.45) is 2.10. The smallest absolute Gasteiger partial charge is 0.251 e. The number of hydrogen-bond acceptors (Lipinski definition) is 4. The van der Waals surface area contributed by atoms with Crippen molar-refractivity contribution in [3.63, 3.8) is 0 Å². The summed E-state index contributed by atoms with van der Waals surface area (Å²) in [5, 5.41) is 3.19. The van der Waals surface area contributed by atoms with Gasteiger partial charge in [0, 0.05) is 25.8 Å². The van der Waals surface area contributed by atoms with E-state index in [2.05, 4.69) is 5.32 Å². The van der Waals surface area contributed by atoms with Crippen LogP contribution in [0.1, 0.15) is 28.8 Å². The first-order valence-corrected chi connectivity index (χ1v) is 9.84. The van der Waals surface area contributed by atoms with Crippen molar-refractivity contribution in [3.8, 4) is 5.75 Å². The van der Waals surface area contributed by atoms with Crippen LogP contribution in [0.2, 0.25) is 0 Å². The Hall–Kier alpha value is -2.86. The summed E-state index contributed by atoms with van der Waals surface area (Å²) in [5.74, 6) is 0.686. The van der Waals surface area contributed by atoms with E-state index in [9.17, 15) is 9.59 Å². The number of ether oxygens (including phenoxy) is 2. The number of benzene rings is 2. The molecule has 2 aromatic carbocycles. The summed E-state index contributed by atoms with van der Waals surface area (Å²) in [6, 6.07) is 16.7. The minimum atomic E-state index is -0.537. The van der Waals surface area contributed by atoms with Gasteiger partial charge in [-0.2, -0.15) is 0 Å². The van der Waals surface area contributed by atoms with Gasteiger partial charge in [0.1, 0.15) is 11.3 Å². The zero-order chi connectivity index (χ0) is 20.5. The average molecular weight is 394 g/mol. The van der Waals surface area contributed by atoms with Crippen LogP contribution in [-0.2, 0) is 16.0 Å². The van der Waals surface area contributed by atoms with E-state index in [0.29, 0.717) is 25.1 Å². The highest BCUT2D eigenvalue weighted by Gasteiger charge is 2.66. The molecular formula is C23H26N2O4. The van der Waals surface area contributed by atoms with Gasteiger partial charge >= 0.3 is 0 Å². The Morgan fingerprint density at radius 1 is 1.00 bits per heavy atom. The molecule has 0 radical (unpaired) electrons. The molecule has 1 aliphatic carbocycles. The first-order valence-electron chi connectivity index (χ1n) is 9.84. The Bertz CT molecular complexity index is 885. The second-order valence-corrected chi connectivity index (χ2v) is 7.88. The summed E-state index contributed by atoms with van der Waals surface area (Å²) in [5.41, 5.74) is 0.634. The van der Waals surface area contributed by atoms with E-state index in [1.54, 1.807) is 31.3 Å². The Kier molecular flexibility index (Phi) is 5.04. The third-order valence-electron chi connectivity index (χ3n) is 6.14. The lowest BCUT2D eigenvalue weighted by Gasteiger charge is -2.54. The second-order valence-electron chi connectivity index (χ2n) is 7.88. The molecule has 2 fully saturated rings. The highest BCUT2D eigenvalue weighted by molar-refractivity contribution is 5.95. The summed E-state index contributed by atoms with van der Waals surface area (Å²) < 4.78 is 11.0. The van der Waals surface area contributed by atoms with Crippen molar-refractivity contribution in [1.29, 1.82) is 0 Å². The first-order chi connectivity index (χ1) is 14.0. The van der Waals surface area contributed by atoms with Gasteiger partial charge in [-0.05, 0) is 42.7 Å². The molecule has 1 heterocycles. The third kappa shape index (κ3) is 3.60. The maximum atomic E-state index is 12.8. The van der Waals surface area contributed by atoms with Crippen molar-refractivity contribution in [2.24, 2.45) is 0 Å². The van der Waals surface area contributed by atoms with Crippen molar-refractivity contribution in [1.82, 2.24) is 10.2 Å². The largest absolute Gasteiger partial charge is 0.497 e. The lowest BCUT2D eigenvalue weighted by Crippen LogP contribution is -2.77. The Morgan fingerprint density at radius 2 is 1.66 bits per heavy atom. The van der Waals surface area contributed by atoms with Crippen LogP contribution in [-0.4, -0.2) is 55.2 Å². The molecule has 0 spiro atoms. The average Bonchev–Trinajstić information content (AvgIpc) is 3.53. The number of carbonyl (C=O) groups excluding carboxylic acids is 2. The molecular weight excluding hydrogens is 368 g/mol. The van der Waals surface area contributed by atoms with Crippen molar-refractivity contribution in [3.05, 3.63) is 65.7 Å². The third-order valence-corrected chi connectivity index (χ3v) is 6.14. The molecule has 1 saturated heterocycles. The maximum absolute atomic E-state index is 12.8. The highest BCUT2D eigenvalue weighted by Crippen LogP contribution is 2.51. The maximum Gasteiger partial charge on any atom is 0.251 e. The molecule has 2 aromatic rings. The first kappa shape index (κ1) is 19.5. The zero-order valence-electron chi connectivity index (χ0n) is 16.8. The van der Waals surface area contributed by atoms with Crippen molar-refractivity contribution < 1.29 is 19.1 Å². The van der Waals surface area contributed by atoms with Gasteiger partial charge in [-0.15, -0.1) is 0 Å². The van der Waals surface area contributed by atoms with Gasteiger partial charge in [0.05, 0.1) is 19.1 Å². The van der Waals surface area contributed by atoms with E-state index >= 15 is 0 Å². The monoisotopic (exact) mass is 394 g/mol. The van der Waals surface area contributed by atoms with Crippen LogP contribution in [0, 0.1) is 0 Å². The van der Waals surface area contributed by atoms with Gasteiger partial charge in [-0.25, -0.2) is 0 Å². The van der Waals surface area contributed by atoms with Crippen LogP contribution in [0.3, 0.4) is 0 Å². The number of hydrogen-bond donors (Lipinski definition) is 1. The Balaban J connectivity index is 1.44. The number of rotatable bonds is 7. The highest BCUT2D eigenvalue weighted by atomic mass is 16.5. The summed E-state index contributed by atoms with van der Waals surface area (Å²) in [6.45, 7) is 0.933. The van der Waals surface area contributed by atoms with Crippen LogP contribution >= 0.6 is 0 Å². The van der Waals surface area contributed by atoms with E-state index in [-0.39, 0.29) is 17.4 Å². The lowest BCUT2D eigenvalue weighted by atomic mass is 9.80. The van der Waals surface area contributed by atoms with Crippen molar-refractivity contribution in [2.45, 2.75) is 30.4 Å². The zero-order valence-corrected chi connectivity index (χ0v) is 16.8. The number of nitrogens with zero attached hydrogens (tertiary/aromatic N) is 1. The molecule has 6 heteroatoms. The van der Waals surface area contributed by atoms with Crippen LogP contribution in [0.15, 0.2) is 54.6 Å². The molecule has 0 bridgehead atoms. The van der Waals surface area contributed by atoms with Gasteiger partial charge in [-0.1, -0.05) is 30.3 Å². The summed E-state index contributed by atoms with van der Waals surface area (Å²) in [4.78, 5) is 27.4. The minimum Gasteiger partial charge on any atom is -0.497 e. The number of nitrogens with one attached hydrogen (secondary N) is 1. The molecule has 1 saturated carbocycles. The fraction of sp³-hybridized carbons (Fsp3) is 0.391. The van der Waals surface area contributed by atoms with Gasteiger partial charge in [0.25, 0.3) is 5.91 Å². The fourth-order valence-electron chi connectivity index (χ4n) is 4.16. The molecule has 2 aliphatic rings. The number of carbonyl (C=O) groups is 2. The molecule has 1 N–H and O–H groups in total. The van der Waals surface area contributed by atoms with Crippen LogP contribution in [0.5, 0.6) is 5.75 Å². The van der Waals surface area contributed by atoms with Gasteiger partial charge in [0.2, 0.25) is 5.91 Å². The SMILES string of the molecule is COc1ccc(CC(=O)N2CC(NC(=O)c3ccccc3)(C3(OC)CC3)C2)cc1. The van der Waals surface area contributed by atoms with E-state index in [0.717, 1.165) is 24.2 Å². The Morgan fingerprint density at radius 3 is 2.21 bits per heavy atom. The summed E-state index contributed by atoms with van der Waals surface area (Å²) in [7, 11) is 3.30. The van der Waals surface area contributed by atoms with E-state index < -0.39 is 5.54 Å². The van der Waals surface area contributed by atoms with Crippen LogP contribution in [0.4, 0.5) is 0 Å². The molecule has 152 valence electrons. The molecule has 2 amide bonds. The fourth-order valence-corrected chi connectivity index (χ4v) is 4.16. The number of amides is 2. The van der Waals surface area contributed by atoms with E-state index in [1.807, 2.05) is 42.5 Å². The van der Waals surface area contributed by atoms with Crippen LogP contribution in [0.25, 0.3) is 0 Å². The standard InChI is InChI=1S/C23H26N2O4/c1-28-19-10-8-17(9-11-19)14-20(26)25-15-22(16-25,23(29-2)12-13-23)24-21(27)18-6-4-3-5-7-18/h3-11H,12-16H2,1-2H3,(H,24,27). The number of likely N-dealkylation sites (tertiary alicyclic amines) is 1. The molecule has 0 unspecified atom stereocenters. The lowest BCUT2D eigenvalue weighted by molar-refractivity contribution is -0.147. The molecule has 4 rings (SSSR count). The van der Waals surface area contributed by atoms with Gasteiger partial charge < -0.3 is 19.7 Å². The summed E-state index contributed by atoms with van der Waals surface area (Å²) >= 11 is 0. The molecule has 1 aliphatic heterocycles. The van der Waals surface area contributed by atoms with Crippen molar-refractivity contribution >= 4 is 11.8 Å². The quantitative estimate of drug-likeness (QED) is 0.783. The van der Waals surface area contributed by atoms with E-state index in [1.165, 1.54) is 0 Å². The predicted octanol–water partition coefficient (Wildman–Crippen LogP) is 2.43. The molecule has 29 heavy (non-hydrogen) atoms. The molecule has 6 nitrogen and oxygen atoms in total. The normalized spacial score (nSPS) is 18.5. The number of methoxy groups -OCH3 is 2. The van der Waals surface area contributed by atoms with Crippen LogP contribution < -0.4 is 10.1 Å².